The SMILES string of the molecule is CC(C)(C)OC(=O)CC(CCC(=O)NC(CCOP(=O)(NC(CCC(=O)OCc1ccccc1)C(=O)OCc1ccccc1)OCc1ccc([N+](=O)[O-])cc1)C(=O)OCc1ccccc1)C(=O)OCc1ccccc1.O=C(CCC(NP(=O)(OCCC(NC(=O)OCC1c2ccccc2-c2ccccc21)C(=O)OCc1ccccc1)OCc1ccc([N+](=O)[O-])cc1)C(=O)OCc1ccccc1)OCc1ccccc1. The summed E-state index contributed by atoms with van der Waals surface area (Å²) in [7, 11) is -9.37. The first-order valence-electron chi connectivity index (χ1n) is 46.3. The van der Waals surface area contributed by atoms with Crippen molar-refractivity contribution in [2.24, 2.45) is 5.92 Å². The third kappa shape index (κ3) is 37.8. The molecular weight excluding hydrogens is 1900 g/mol. The molecule has 0 bridgehead atoms. The summed E-state index contributed by atoms with van der Waals surface area (Å²) in [5.74, 6) is -8.44. The molecule has 7 unspecified atom stereocenters. The molecule has 2 amide bonds. The maximum Gasteiger partial charge on any atom is 0.407 e. The first-order chi connectivity index (χ1) is 69.5. The van der Waals surface area contributed by atoms with Crippen molar-refractivity contribution >= 4 is 86.6 Å². The quantitative estimate of drug-likeness (QED) is 0.00904. The average molecular weight is 2010 g/mol. The molecular formula is C107H112N6O29P2. The van der Waals surface area contributed by atoms with Gasteiger partial charge in [0.2, 0.25) is 5.91 Å². The summed E-state index contributed by atoms with van der Waals surface area (Å²) in [4.78, 5) is 156. The number of non-ortho nitro benzene ring substituents is 2. The van der Waals surface area contributed by atoms with Gasteiger partial charge in [0.15, 0.2) is 0 Å². The Kier molecular flexibility index (Phi) is 42.9. The van der Waals surface area contributed by atoms with Crippen LogP contribution in [-0.2, 0) is 172 Å². The highest BCUT2D eigenvalue weighted by molar-refractivity contribution is 7.52. The van der Waals surface area contributed by atoms with Crippen LogP contribution < -0.4 is 20.8 Å². The molecule has 4 N–H and O–H groups in total. The van der Waals surface area contributed by atoms with Gasteiger partial charge in [0.25, 0.3) is 11.4 Å². The Hall–Kier alpha value is -15.1. The van der Waals surface area contributed by atoms with E-state index < -0.39 is 154 Å². The summed E-state index contributed by atoms with van der Waals surface area (Å²) in [6.07, 6.45) is -3.82. The molecule has 0 fully saturated rings. The van der Waals surface area contributed by atoms with Crippen LogP contribution in [0.4, 0.5) is 16.2 Å². The van der Waals surface area contributed by atoms with Crippen molar-refractivity contribution in [2.45, 2.75) is 174 Å². The Morgan fingerprint density at radius 1 is 0.319 bits per heavy atom. The highest BCUT2D eigenvalue weighted by Crippen LogP contribution is 2.49. The number of nitro groups is 2. The third-order valence-corrected chi connectivity index (χ3v) is 25.2. The van der Waals surface area contributed by atoms with Crippen molar-refractivity contribution in [1.29, 1.82) is 0 Å². The third-order valence-electron chi connectivity index (χ3n) is 21.9. The lowest BCUT2D eigenvalue weighted by Crippen LogP contribution is -2.43. The number of hydrogen-bond acceptors (Lipinski definition) is 29. The summed E-state index contributed by atoms with van der Waals surface area (Å²) >= 11 is 0. The van der Waals surface area contributed by atoms with Crippen LogP contribution in [0.25, 0.3) is 11.1 Å². The van der Waals surface area contributed by atoms with Crippen molar-refractivity contribution in [3.63, 3.8) is 0 Å². The number of benzene rings is 11. The maximum absolute atomic E-state index is 14.9. The summed E-state index contributed by atoms with van der Waals surface area (Å²) < 4.78 is 103. The number of amides is 2. The van der Waals surface area contributed by atoms with Gasteiger partial charge in [0, 0.05) is 62.3 Å². The molecule has 11 aromatic rings. The van der Waals surface area contributed by atoms with Crippen molar-refractivity contribution in [2.75, 3.05) is 19.8 Å². The number of alkyl carbamates (subject to hydrolysis) is 1. The molecule has 12 rings (SSSR count). The molecule has 0 saturated carbocycles. The number of hydrogen-bond donors (Lipinski definition) is 4. The maximum atomic E-state index is 14.9. The van der Waals surface area contributed by atoms with Crippen molar-refractivity contribution < 1.29 is 128 Å². The summed E-state index contributed by atoms with van der Waals surface area (Å²) in [5.41, 5.74) is 8.24. The molecule has 0 radical (unpaired) electrons. The zero-order chi connectivity index (χ0) is 102. The van der Waals surface area contributed by atoms with Crippen LogP contribution in [0.2, 0.25) is 0 Å². The van der Waals surface area contributed by atoms with Crippen LogP contribution in [0, 0.1) is 26.1 Å². The molecule has 1 aliphatic rings. The van der Waals surface area contributed by atoms with E-state index in [1.54, 1.807) is 215 Å². The first-order valence-corrected chi connectivity index (χ1v) is 49.4. The highest BCUT2D eigenvalue weighted by atomic mass is 31.2. The number of nitro benzene ring substituents is 2. The molecule has 11 aromatic carbocycles. The van der Waals surface area contributed by atoms with Crippen LogP contribution >= 0.6 is 15.5 Å². The minimum atomic E-state index is -4.72. The van der Waals surface area contributed by atoms with E-state index in [2.05, 4.69) is 20.8 Å². The minimum Gasteiger partial charge on any atom is -0.461 e. The Bertz CT molecular complexity index is 6100. The summed E-state index contributed by atoms with van der Waals surface area (Å²) in [6.45, 7) is 2.18. The van der Waals surface area contributed by atoms with Crippen LogP contribution in [0.15, 0.2) is 309 Å². The second kappa shape index (κ2) is 56.5. The number of rotatable bonds is 54. The Balaban J connectivity index is 0.000000275. The summed E-state index contributed by atoms with van der Waals surface area (Å²) in [6, 6.07) is 82.2. The molecule has 1 aliphatic carbocycles. The number of carbonyl (C=O) groups is 10. The molecule has 754 valence electrons. The molecule has 37 heteroatoms. The van der Waals surface area contributed by atoms with Gasteiger partial charge in [-0.1, -0.05) is 261 Å². The largest absolute Gasteiger partial charge is 0.461 e. The number of nitrogens with zero attached hydrogens (tertiary/aromatic N) is 2. The Morgan fingerprint density at radius 2 is 0.618 bits per heavy atom. The fourth-order valence-corrected chi connectivity index (χ4v) is 17.5. The van der Waals surface area contributed by atoms with E-state index in [9.17, 15) is 77.3 Å². The van der Waals surface area contributed by atoms with Gasteiger partial charge in [-0.05, 0) is 137 Å². The van der Waals surface area contributed by atoms with Gasteiger partial charge in [-0.2, -0.15) is 0 Å². The standard InChI is InChI=1S/C55H62N3O16P.C52H50N3O13P/c1-55(2,3)74-51(61)34-45(52(62)69-36-41-18-10-5-11-19-41)26-30-49(59)56-47(53(63)70-37-42-20-12-6-13-21-42)32-33-72-75(67,73-39-44-24-27-46(28-25-44)58(65)66)57-48(54(64)71-38-43-22-14-7-15-23-43)29-31-50(60)68-35-40-16-8-4-9-17-40;56-49(63-32-37-14-4-1-5-15-37)29-28-48(51(58)65-34-39-18-8-3-9-19-39)54-69(62,68-35-40-24-26-41(27-25-40)55(60)61)67-31-30-47(50(57)64-33-38-16-6-2-7-17-38)53-52(59)66-36-46-44-22-12-10-20-42(44)43-21-11-13-23-45(43)46/h4-25,27-28,45,47-48H,26,29-39H2,1-3H3,(H,56,59)(H,57,67);1-27,46-48H,28-36H2,(H,53,59)(H,54,62). The predicted molar refractivity (Wildman–Crippen MR) is 525 cm³/mol. The Labute approximate surface area is 832 Å². The van der Waals surface area contributed by atoms with Crippen LogP contribution in [0.5, 0.6) is 0 Å². The summed E-state index contributed by atoms with van der Waals surface area (Å²) in [5, 5.41) is 33.1. The van der Waals surface area contributed by atoms with Crippen molar-refractivity contribution in [1.82, 2.24) is 20.8 Å². The van der Waals surface area contributed by atoms with E-state index in [4.69, 9.17) is 60.7 Å². The number of nitrogens with one attached hydrogen (secondary N) is 4. The van der Waals surface area contributed by atoms with E-state index in [-0.39, 0.29) is 122 Å². The monoisotopic (exact) mass is 2010 g/mol. The van der Waals surface area contributed by atoms with Gasteiger partial charge in [0.05, 0.1) is 48.6 Å². The van der Waals surface area contributed by atoms with Gasteiger partial charge < -0.3 is 53.3 Å². The minimum absolute atomic E-state index is 0.0187. The number of esters is 8. The zero-order valence-corrected chi connectivity index (χ0v) is 81.2. The van der Waals surface area contributed by atoms with Crippen LogP contribution in [0.3, 0.4) is 0 Å². The first kappa shape index (κ1) is 109. The topological polar surface area (TPSA) is 459 Å². The normalized spacial score (nSPS) is 13.3. The number of ether oxygens (including phenoxy) is 9. The molecule has 0 saturated heterocycles. The fraction of sp³-hybridized carbons (Fsp3) is 0.290. The number of fused-ring (bicyclic) bond motifs is 3. The van der Waals surface area contributed by atoms with Gasteiger partial charge in [-0.25, -0.2) is 33.7 Å². The second-order valence-electron chi connectivity index (χ2n) is 34.0. The molecule has 0 aliphatic heterocycles. The lowest BCUT2D eigenvalue weighted by Gasteiger charge is -2.25. The second-order valence-corrected chi connectivity index (χ2v) is 37.5. The molecule has 35 nitrogen and oxygen atoms in total. The molecule has 144 heavy (non-hydrogen) atoms. The van der Waals surface area contributed by atoms with E-state index in [0.29, 0.717) is 38.9 Å². The smallest absolute Gasteiger partial charge is 0.407 e. The lowest BCUT2D eigenvalue weighted by molar-refractivity contribution is -0.385. The molecule has 0 heterocycles. The zero-order valence-electron chi connectivity index (χ0n) is 79.4. The number of carbonyl (C=O) groups excluding carboxylic acids is 10. The highest BCUT2D eigenvalue weighted by Gasteiger charge is 2.39. The van der Waals surface area contributed by atoms with E-state index in [0.717, 1.165) is 33.4 Å². The van der Waals surface area contributed by atoms with Crippen molar-refractivity contribution in [3.8, 4) is 11.1 Å². The van der Waals surface area contributed by atoms with E-state index in [1.165, 1.54) is 48.5 Å². The van der Waals surface area contributed by atoms with Crippen molar-refractivity contribution in [3.05, 3.63) is 391 Å². The average Bonchev–Trinajstić information content (AvgIpc) is 1.61. The fourth-order valence-electron chi connectivity index (χ4n) is 14.5. The van der Waals surface area contributed by atoms with Gasteiger partial charge >= 0.3 is 69.3 Å². The predicted octanol–water partition coefficient (Wildman–Crippen LogP) is 18.5. The van der Waals surface area contributed by atoms with E-state index in [1.807, 2.05) is 66.7 Å². The molecule has 7 atom stereocenters. The Morgan fingerprint density at radius 3 is 0.951 bits per heavy atom. The molecule has 0 spiro atoms. The van der Waals surface area contributed by atoms with Gasteiger partial charge in [0.1, 0.15) is 82.6 Å². The lowest BCUT2D eigenvalue weighted by atomic mass is 9.98. The van der Waals surface area contributed by atoms with Crippen LogP contribution in [-0.4, -0.2) is 119 Å². The van der Waals surface area contributed by atoms with Gasteiger partial charge in [-0.15, -0.1) is 0 Å². The van der Waals surface area contributed by atoms with E-state index >= 15 is 0 Å². The van der Waals surface area contributed by atoms with Gasteiger partial charge in [-0.3, -0.25) is 71.9 Å². The van der Waals surface area contributed by atoms with Crippen LogP contribution in [0.1, 0.15) is 146 Å². The molecule has 0 aromatic heterocycles.